The molecular weight excluding hydrogens is 334 g/mol. The van der Waals surface area contributed by atoms with E-state index >= 15 is 0 Å². The average Bonchev–Trinajstić information content (AvgIpc) is 2.60. The fourth-order valence-electron chi connectivity index (χ4n) is 2.57. The van der Waals surface area contributed by atoms with Gasteiger partial charge in [-0.3, -0.25) is 14.5 Å². The second-order valence-corrected chi connectivity index (χ2v) is 6.77. The Hall–Kier alpha value is -2.53. The number of ether oxygens (including phenoxy) is 1. The van der Waals surface area contributed by atoms with Gasteiger partial charge in [-0.05, 0) is 37.6 Å². The third-order valence-electron chi connectivity index (χ3n) is 3.80. The van der Waals surface area contributed by atoms with Gasteiger partial charge in [-0.1, -0.05) is 53.7 Å². The number of hydrogen-bond acceptors (Lipinski definition) is 4. The van der Waals surface area contributed by atoms with Gasteiger partial charge in [0.05, 0.1) is 17.2 Å². The van der Waals surface area contributed by atoms with E-state index in [0.717, 1.165) is 16.1 Å². The van der Waals surface area contributed by atoms with Crippen LogP contribution in [0.25, 0.3) is 6.08 Å². The summed E-state index contributed by atoms with van der Waals surface area (Å²) in [5.41, 5.74) is 2.86. The zero-order chi connectivity index (χ0) is 17.8. The number of nitrogens with zero attached hydrogens (tertiary/aromatic N) is 1. The van der Waals surface area contributed by atoms with Gasteiger partial charge in [-0.15, -0.1) is 0 Å². The molecule has 0 unspecified atom stereocenters. The lowest BCUT2D eigenvalue weighted by Crippen LogP contribution is -2.39. The van der Waals surface area contributed by atoms with E-state index in [1.54, 1.807) is 6.92 Å². The molecule has 0 atom stereocenters. The van der Waals surface area contributed by atoms with Crippen molar-refractivity contribution in [3.05, 3.63) is 64.6 Å². The summed E-state index contributed by atoms with van der Waals surface area (Å²) in [6.07, 6.45) is 1.86. The zero-order valence-electron chi connectivity index (χ0n) is 14.2. The first kappa shape index (κ1) is 17.3. The van der Waals surface area contributed by atoms with E-state index in [-0.39, 0.29) is 12.5 Å². The molecule has 0 bridgehead atoms. The number of amides is 1. The lowest BCUT2D eigenvalue weighted by molar-refractivity contribution is -0.142. The molecule has 0 N–H and O–H groups in total. The summed E-state index contributed by atoms with van der Waals surface area (Å²) in [5.74, 6) is -0.593. The maximum atomic E-state index is 12.9. The number of hydrogen-bond donors (Lipinski definition) is 0. The standard InChI is InChI=1S/C20H19NO3S/c1-3-24-19(22)13-21-16-6-4-5-7-17(16)25-18(20(21)23)12-15-10-8-14(2)9-11-15/h4-12H,3,13H2,1-2H3/b18-12-. The summed E-state index contributed by atoms with van der Waals surface area (Å²) >= 11 is 1.43. The van der Waals surface area contributed by atoms with Crippen molar-refractivity contribution in [3.63, 3.8) is 0 Å². The molecule has 0 fully saturated rings. The van der Waals surface area contributed by atoms with Crippen molar-refractivity contribution in [2.75, 3.05) is 18.1 Å². The number of fused-ring (bicyclic) bond motifs is 1. The lowest BCUT2D eigenvalue weighted by atomic mass is 10.1. The SMILES string of the molecule is CCOC(=O)CN1C(=O)/C(=C/c2ccc(C)cc2)Sc2ccccc21. The van der Waals surface area contributed by atoms with Gasteiger partial charge in [0.15, 0.2) is 0 Å². The predicted molar refractivity (Wildman–Crippen MR) is 100 cm³/mol. The quantitative estimate of drug-likeness (QED) is 0.615. The Labute approximate surface area is 151 Å². The van der Waals surface area contributed by atoms with Crippen LogP contribution in [0.5, 0.6) is 0 Å². The van der Waals surface area contributed by atoms with E-state index < -0.39 is 5.97 Å². The van der Waals surface area contributed by atoms with Crippen molar-refractivity contribution in [2.24, 2.45) is 0 Å². The molecule has 0 aliphatic carbocycles. The molecule has 3 rings (SSSR count). The van der Waals surface area contributed by atoms with E-state index in [1.165, 1.54) is 22.2 Å². The highest BCUT2D eigenvalue weighted by Gasteiger charge is 2.30. The number of carbonyl (C=O) groups excluding carboxylic acids is 2. The normalized spacial score (nSPS) is 15.2. The van der Waals surface area contributed by atoms with Crippen LogP contribution in [0.4, 0.5) is 5.69 Å². The van der Waals surface area contributed by atoms with Gasteiger partial charge in [0.25, 0.3) is 5.91 Å². The van der Waals surface area contributed by atoms with E-state index in [0.29, 0.717) is 11.5 Å². The first-order valence-electron chi connectivity index (χ1n) is 8.11. The molecular formula is C20H19NO3S. The summed E-state index contributed by atoms with van der Waals surface area (Å²) in [7, 11) is 0. The molecule has 0 saturated carbocycles. The van der Waals surface area contributed by atoms with Crippen molar-refractivity contribution >= 4 is 35.4 Å². The second kappa shape index (κ2) is 7.57. The zero-order valence-corrected chi connectivity index (χ0v) is 15.0. The van der Waals surface area contributed by atoms with E-state index in [1.807, 2.05) is 61.5 Å². The molecule has 0 radical (unpaired) electrons. The van der Waals surface area contributed by atoms with Crippen molar-refractivity contribution < 1.29 is 14.3 Å². The number of benzene rings is 2. The number of anilines is 1. The van der Waals surface area contributed by atoms with Crippen LogP contribution in [-0.4, -0.2) is 25.0 Å². The van der Waals surface area contributed by atoms with Gasteiger partial charge < -0.3 is 4.74 Å². The van der Waals surface area contributed by atoms with Gasteiger partial charge in [-0.2, -0.15) is 0 Å². The van der Waals surface area contributed by atoms with E-state index in [2.05, 4.69) is 0 Å². The molecule has 0 spiro atoms. The smallest absolute Gasteiger partial charge is 0.326 e. The van der Waals surface area contributed by atoms with Crippen LogP contribution in [0.15, 0.2) is 58.3 Å². The third kappa shape index (κ3) is 3.94. The topological polar surface area (TPSA) is 46.6 Å². The minimum atomic E-state index is -0.410. The molecule has 1 aliphatic heterocycles. The fourth-order valence-corrected chi connectivity index (χ4v) is 3.63. The molecule has 1 amide bonds. The Kier molecular flexibility index (Phi) is 5.24. The van der Waals surface area contributed by atoms with E-state index in [9.17, 15) is 9.59 Å². The van der Waals surface area contributed by atoms with Gasteiger partial charge in [0.2, 0.25) is 0 Å². The van der Waals surface area contributed by atoms with Gasteiger partial charge in [0, 0.05) is 4.90 Å². The maximum absolute atomic E-state index is 12.9. The largest absolute Gasteiger partial charge is 0.465 e. The van der Waals surface area contributed by atoms with Crippen LogP contribution >= 0.6 is 11.8 Å². The third-order valence-corrected chi connectivity index (χ3v) is 4.88. The Balaban J connectivity index is 1.96. The Morgan fingerprint density at radius 1 is 1.16 bits per heavy atom. The molecule has 1 aliphatic rings. The highest BCUT2D eigenvalue weighted by Crippen LogP contribution is 2.41. The number of aryl methyl sites for hydroxylation is 1. The van der Waals surface area contributed by atoms with Crippen LogP contribution in [0.2, 0.25) is 0 Å². The molecule has 2 aromatic rings. The minimum absolute atomic E-state index is 0.0878. The van der Waals surface area contributed by atoms with Crippen LogP contribution < -0.4 is 4.90 Å². The highest BCUT2D eigenvalue weighted by molar-refractivity contribution is 8.04. The van der Waals surface area contributed by atoms with Crippen molar-refractivity contribution in [2.45, 2.75) is 18.7 Å². The summed E-state index contributed by atoms with van der Waals surface area (Å²) in [4.78, 5) is 27.9. The number of thioether (sulfide) groups is 1. The summed E-state index contributed by atoms with van der Waals surface area (Å²) in [6, 6.07) is 15.6. The average molecular weight is 353 g/mol. The van der Waals surface area contributed by atoms with Crippen LogP contribution in [0.3, 0.4) is 0 Å². The van der Waals surface area contributed by atoms with Crippen molar-refractivity contribution in [3.8, 4) is 0 Å². The predicted octanol–water partition coefficient (Wildman–Crippen LogP) is 4.04. The van der Waals surface area contributed by atoms with Crippen LogP contribution in [-0.2, 0) is 14.3 Å². The van der Waals surface area contributed by atoms with Crippen LogP contribution in [0, 0.1) is 6.92 Å². The minimum Gasteiger partial charge on any atom is -0.465 e. The number of esters is 1. The highest BCUT2D eigenvalue weighted by atomic mass is 32.2. The van der Waals surface area contributed by atoms with Gasteiger partial charge in [-0.25, -0.2) is 0 Å². The number of para-hydroxylation sites is 1. The molecule has 128 valence electrons. The maximum Gasteiger partial charge on any atom is 0.326 e. The fraction of sp³-hybridized carbons (Fsp3) is 0.200. The summed E-state index contributed by atoms with van der Waals surface area (Å²) < 4.78 is 5.02. The molecule has 25 heavy (non-hydrogen) atoms. The van der Waals surface area contributed by atoms with Crippen LogP contribution in [0.1, 0.15) is 18.1 Å². The monoisotopic (exact) mass is 353 g/mol. The van der Waals surface area contributed by atoms with Crippen molar-refractivity contribution in [1.82, 2.24) is 0 Å². The molecule has 0 aromatic heterocycles. The molecule has 4 nitrogen and oxygen atoms in total. The number of carbonyl (C=O) groups is 2. The summed E-state index contributed by atoms with van der Waals surface area (Å²) in [5, 5.41) is 0. The first-order chi connectivity index (χ1) is 12.1. The molecule has 1 heterocycles. The molecule has 5 heteroatoms. The lowest BCUT2D eigenvalue weighted by Gasteiger charge is -2.29. The first-order valence-corrected chi connectivity index (χ1v) is 8.93. The Bertz CT molecular complexity index is 827. The molecule has 2 aromatic carbocycles. The summed E-state index contributed by atoms with van der Waals surface area (Å²) in [6.45, 7) is 3.98. The Morgan fingerprint density at radius 2 is 1.88 bits per heavy atom. The second-order valence-electron chi connectivity index (χ2n) is 5.69. The van der Waals surface area contributed by atoms with Gasteiger partial charge in [0.1, 0.15) is 6.54 Å². The van der Waals surface area contributed by atoms with E-state index in [4.69, 9.17) is 4.74 Å². The van der Waals surface area contributed by atoms with Crippen molar-refractivity contribution in [1.29, 1.82) is 0 Å². The Morgan fingerprint density at radius 3 is 2.60 bits per heavy atom. The van der Waals surface area contributed by atoms with Gasteiger partial charge >= 0.3 is 5.97 Å². The molecule has 0 saturated heterocycles. The number of rotatable bonds is 4.